The van der Waals surface area contributed by atoms with Gasteiger partial charge in [-0.25, -0.2) is 4.79 Å². The molecule has 2 aromatic carbocycles. The van der Waals surface area contributed by atoms with Crippen LogP contribution in [0.3, 0.4) is 0 Å². The molecule has 158 valence electrons. The molecule has 9 heteroatoms. The van der Waals surface area contributed by atoms with Gasteiger partial charge in [0, 0.05) is 22.8 Å². The minimum absolute atomic E-state index is 0.0291. The second-order valence-corrected chi connectivity index (χ2v) is 9.10. The summed E-state index contributed by atoms with van der Waals surface area (Å²) < 4.78 is 10.7. The second-order valence-electron chi connectivity index (χ2n) is 7.37. The fourth-order valence-electron chi connectivity index (χ4n) is 4.07. The Bertz CT molecular complexity index is 1120. The lowest BCUT2D eigenvalue weighted by Crippen LogP contribution is -2.46. The first-order chi connectivity index (χ1) is 15.1. The van der Waals surface area contributed by atoms with E-state index in [4.69, 9.17) is 20.9 Å². The smallest absolute Gasteiger partial charge is 0.330 e. The number of hydrogen-bond donors (Lipinski definition) is 0. The zero-order chi connectivity index (χ0) is 21.4. The summed E-state index contributed by atoms with van der Waals surface area (Å²) in [7, 11) is 0. The minimum atomic E-state index is -0.640. The predicted octanol–water partition coefficient (Wildman–Crippen LogP) is 4.02. The summed E-state index contributed by atoms with van der Waals surface area (Å²) in [4.78, 5) is 31.0. The van der Waals surface area contributed by atoms with Crippen LogP contribution in [0.1, 0.15) is 24.3 Å². The number of halogens is 1. The van der Waals surface area contributed by atoms with Crippen molar-refractivity contribution in [1.82, 2.24) is 15.0 Å². The van der Waals surface area contributed by atoms with E-state index in [2.05, 4.69) is 10.1 Å². The highest BCUT2D eigenvalue weighted by atomic mass is 35.5. The van der Waals surface area contributed by atoms with Crippen molar-refractivity contribution in [3.63, 3.8) is 0 Å². The van der Waals surface area contributed by atoms with E-state index in [1.54, 1.807) is 40.9 Å². The lowest BCUT2D eigenvalue weighted by molar-refractivity contribution is -0.155. The number of carbonyl (C=O) groups excluding carboxylic acids is 2. The summed E-state index contributed by atoms with van der Waals surface area (Å²) in [6.45, 7) is -0.152. The van der Waals surface area contributed by atoms with Gasteiger partial charge in [-0.05, 0) is 36.2 Å². The standard InChI is InChI=1S/C22H18ClN3O4S/c23-16-8-6-14(7-9-16)20-24-18(30-25-20)12-29-21(28)17-13-31-22(11-10-19(27)26(17)22)15-4-2-1-3-5-15/h1-9,17H,10-13H2/t17-,22-/m1/s1. The van der Waals surface area contributed by atoms with Crippen LogP contribution in [0.2, 0.25) is 5.02 Å². The predicted molar refractivity (Wildman–Crippen MR) is 115 cm³/mol. The zero-order valence-electron chi connectivity index (χ0n) is 16.4. The van der Waals surface area contributed by atoms with Crippen molar-refractivity contribution in [2.75, 3.05) is 5.75 Å². The number of benzene rings is 2. The van der Waals surface area contributed by atoms with Gasteiger partial charge < -0.3 is 14.2 Å². The maximum Gasteiger partial charge on any atom is 0.330 e. The molecule has 2 fully saturated rings. The molecule has 0 N–H and O–H groups in total. The number of rotatable bonds is 5. The van der Waals surface area contributed by atoms with Crippen molar-refractivity contribution in [1.29, 1.82) is 0 Å². The highest BCUT2D eigenvalue weighted by Gasteiger charge is 2.57. The second kappa shape index (κ2) is 8.01. The van der Waals surface area contributed by atoms with Gasteiger partial charge in [-0.2, -0.15) is 4.98 Å². The Morgan fingerprint density at radius 2 is 2.00 bits per heavy atom. The Labute approximate surface area is 187 Å². The Balaban J connectivity index is 1.28. The summed E-state index contributed by atoms with van der Waals surface area (Å²) in [6, 6.07) is 16.2. The van der Waals surface area contributed by atoms with Crippen molar-refractivity contribution in [3.8, 4) is 11.4 Å². The van der Waals surface area contributed by atoms with E-state index in [0.29, 0.717) is 29.4 Å². The normalized spacial score (nSPS) is 22.5. The van der Waals surface area contributed by atoms with Gasteiger partial charge in [0.25, 0.3) is 5.89 Å². The van der Waals surface area contributed by atoms with E-state index in [1.165, 1.54) is 0 Å². The van der Waals surface area contributed by atoms with E-state index >= 15 is 0 Å². The molecule has 0 aliphatic carbocycles. The molecule has 0 spiro atoms. The fraction of sp³-hybridized carbons (Fsp3) is 0.273. The van der Waals surface area contributed by atoms with E-state index in [9.17, 15) is 9.59 Å². The molecular formula is C22H18ClN3O4S. The topological polar surface area (TPSA) is 85.5 Å². The van der Waals surface area contributed by atoms with Gasteiger partial charge in [0.2, 0.25) is 11.7 Å². The van der Waals surface area contributed by atoms with Crippen LogP contribution >= 0.6 is 23.4 Å². The lowest BCUT2D eigenvalue weighted by atomic mass is 10.0. The molecule has 2 atom stereocenters. The van der Waals surface area contributed by atoms with E-state index in [1.807, 2.05) is 30.3 Å². The Morgan fingerprint density at radius 3 is 2.77 bits per heavy atom. The van der Waals surface area contributed by atoms with Crippen LogP contribution in [-0.2, 0) is 25.8 Å². The molecule has 31 heavy (non-hydrogen) atoms. The highest BCUT2D eigenvalue weighted by molar-refractivity contribution is 8.00. The molecule has 7 nitrogen and oxygen atoms in total. The number of fused-ring (bicyclic) bond motifs is 1. The molecule has 0 saturated carbocycles. The largest absolute Gasteiger partial charge is 0.454 e. The Kier molecular flexibility index (Phi) is 5.19. The number of esters is 1. The molecule has 2 saturated heterocycles. The molecular weight excluding hydrogens is 438 g/mol. The van der Waals surface area contributed by atoms with Gasteiger partial charge >= 0.3 is 5.97 Å². The molecule has 1 aromatic heterocycles. The lowest BCUT2D eigenvalue weighted by Gasteiger charge is -2.33. The summed E-state index contributed by atoms with van der Waals surface area (Å²) in [5.41, 5.74) is 1.78. The molecule has 0 bridgehead atoms. The molecule has 3 heterocycles. The van der Waals surface area contributed by atoms with Gasteiger partial charge in [0.05, 0.1) is 0 Å². The Hall–Kier alpha value is -2.84. The molecule has 2 aliphatic rings. The number of carbonyl (C=O) groups is 2. The third-order valence-electron chi connectivity index (χ3n) is 5.53. The van der Waals surface area contributed by atoms with Gasteiger partial charge in [0.15, 0.2) is 6.61 Å². The number of hydrogen-bond acceptors (Lipinski definition) is 7. The van der Waals surface area contributed by atoms with Gasteiger partial charge in [-0.1, -0.05) is 47.1 Å². The summed E-state index contributed by atoms with van der Waals surface area (Å²) in [5, 5.41) is 4.53. The quantitative estimate of drug-likeness (QED) is 0.537. The number of aromatic nitrogens is 2. The van der Waals surface area contributed by atoms with E-state index < -0.39 is 16.9 Å². The summed E-state index contributed by atoms with van der Waals surface area (Å²) in [6.07, 6.45) is 1.10. The number of ether oxygens (including phenoxy) is 1. The first kappa shape index (κ1) is 20.1. The van der Waals surface area contributed by atoms with Crippen LogP contribution in [0.5, 0.6) is 0 Å². The third-order valence-corrected chi connectivity index (χ3v) is 7.38. The first-order valence-corrected chi connectivity index (χ1v) is 11.2. The average Bonchev–Trinajstić information content (AvgIpc) is 3.50. The molecule has 2 aliphatic heterocycles. The summed E-state index contributed by atoms with van der Waals surface area (Å²) >= 11 is 7.52. The van der Waals surface area contributed by atoms with Crippen molar-refractivity contribution >= 4 is 35.2 Å². The molecule has 0 radical (unpaired) electrons. The maximum atomic E-state index is 12.9. The van der Waals surface area contributed by atoms with Crippen LogP contribution in [0, 0.1) is 0 Å². The number of thioether (sulfide) groups is 1. The SMILES string of the molecule is O=C(OCc1nc(-c2ccc(Cl)cc2)no1)[C@H]1CS[C@@]2(c3ccccc3)CCC(=O)N12. The van der Waals surface area contributed by atoms with Crippen LogP contribution in [0.4, 0.5) is 0 Å². The molecule has 3 aromatic rings. The molecule has 0 unspecified atom stereocenters. The number of amides is 1. The highest BCUT2D eigenvalue weighted by Crippen LogP contribution is 2.54. The van der Waals surface area contributed by atoms with Crippen LogP contribution in [0.25, 0.3) is 11.4 Å². The molecule has 5 rings (SSSR count). The van der Waals surface area contributed by atoms with E-state index in [0.717, 1.165) is 11.1 Å². The number of nitrogens with zero attached hydrogens (tertiary/aromatic N) is 3. The maximum absolute atomic E-state index is 12.9. The first-order valence-electron chi connectivity index (χ1n) is 9.84. The van der Waals surface area contributed by atoms with Gasteiger partial charge in [0.1, 0.15) is 10.9 Å². The third kappa shape index (κ3) is 3.59. The van der Waals surface area contributed by atoms with Crippen LogP contribution in [0.15, 0.2) is 59.1 Å². The van der Waals surface area contributed by atoms with Gasteiger partial charge in [-0.3, -0.25) is 4.79 Å². The molecule has 1 amide bonds. The Morgan fingerprint density at radius 1 is 1.23 bits per heavy atom. The van der Waals surface area contributed by atoms with Crippen molar-refractivity contribution in [3.05, 3.63) is 71.1 Å². The van der Waals surface area contributed by atoms with Crippen LogP contribution in [-0.4, -0.2) is 38.7 Å². The zero-order valence-corrected chi connectivity index (χ0v) is 17.9. The van der Waals surface area contributed by atoms with Gasteiger partial charge in [-0.15, -0.1) is 11.8 Å². The van der Waals surface area contributed by atoms with Crippen molar-refractivity contribution in [2.45, 2.75) is 30.4 Å². The summed E-state index contributed by atoms with van der Waals surface area (Å²) in [5.74, 6) is 0.563. The average molecular weight is 456 g/mol. The minimum Gasteiger partial charge on any atom is -0.454 e. The van der Waals surface area contributed by atoms with E-state index in [-0.39, 0.29) is 18.4 Å². The van der Waals surface area contributed by atoms with Crippen molar-refractivity contribution in [2.24, 2.45) is 0 Å². The van der Waals surface area contributed by atoms with Crippen molar-refractivity contribution < 1.29 is 18.8 Å². The fourth-order valence-corrected chi connectivity index (χ4v) is 5.84. The monoisotopic (exact) mass is 455 g/mol. The van der Waals surface area contributed by atoms with Crippen LogP contribution < -0.4 is 0 Å².